The zero-order chi connectivity index (χ0) is 24.6. The third-order valence-corrected chi connectivity index (χ3v) is 6.19. The fraction of sp³-hybridized carbons (Fsp3) is 0.179. The third kappa shape index (κ3) is 5.79. The predicted molar refractivity (Wildman–Crippen MR) is 139 cm³/mol. The first-order valence-electron chi connectivity index (χ1n) is 11.4. The molecule has 0 saturated heterocycles. The van der Waals surface area contributed by atoms with Crippen LogP contribution in [-0.2, 0) is 13.0 Å². The molecule has 1 N–H and O–H groups in total. The molecular weight excluding hydrogens is 504 g/mol. The number of nitriles is 1. The highest BCUT2D eigenvalue weighted by Gasteiger charge is 2.17. The Bertz CT molecular complexity index is 1340. The van der Waals surface area contributed by atoms with Gasteiger partial charge in [0.15, 0.2) is 6.61 Å². The molecule has 0 unspecified atom stereocenters. The van der Waals surface area contributed by atoms with Crippen molar-refractivity contribution >= 4 is 21.8 Å². The summed E-state index contributed by atoms with van der Waals surface area (Å²) in [6.07, 6.45) is 3.34. The number of ether oxygens (including phenoxy) is 1. The summed E-state index contributed by atoms with van der Waals surface area (Å²) in [6.45, 7) is 2.52. The monoisotopic (exact) mass is 528 g/mol. The molecule has 0 spiro atoms. The lowest BCUT2D eigenvalue weighted by Crippen LogP contribution is -2.23. The van der Waals surface area contributed by atoms with Crippen molar-refractivity contribution in [3.8, 4) is 28.6 Å². The first-order chi connectivity index (χ1) is 17.1. The van der Waals surface area contributed by atoms with Crippen molar-refractivity contribution in [2.24, 2.45) is 0 Å². The van der Waals surface area contributed by atoms with Crippen molar-refractivity contribution < 1.29 is 9.53 Å². The van der Waals surface area contributed by atoms with Gasteiger partial charge in [-0.25, -0.2) is 4.68 Å². The summed E-state index contributed by atoms with van der Waals surface area (Å²) in [4.78, 5) is 13.0. The van der Waals surface area contributed by atoms with Crippen LogP contribution in [0.4, 0.5) is 0 Å². The fourth-order valence-corrected chi connectivity index (χ4v) is 4.33. The minimum atomic E-state index is -0.128. The van der Waals surface area contributed by atoms with Gasteiger partial charge in [-0.15, -0.1) is 0 Å². The summed E-state index contributed by atoms with van der Waals surface area (Å²) in [6, 6.07) is 25.6. The lowest BCUT2D eigenvalue weighted by molar-refractivity contribution is 0.0950. The number of amides is 1. The van der Waals surface area contributed by atoms with E-state index < -0.39 is 0 Å². The molecule has 0 bridgehead atoms. The van der Waals surface area contributed by atoms with Crippen LogP contribution < -0.4 is 10.1 Å². The van der Waals surface area contributed by atoms with E-state index in [1.54, 1.807) is 6.20 Å². The number of hydrogen-bond acceptors (Lipinski definition) is 4. The lowest BCUT2D eigenvalue weighted by atomic mass is 10.0. The molecule has 4 aromatic rings. The normalized spacial score (nSPS) is 10.5. The van der Waals surface area contributed by atoms with Gasteiger partial charge in [-0.1, -0.05) is 61.9 Å². The molecule has 1 amide bonds. The summed E-state index contributed by atoms with van der Waals surface area (Å²) in [5, 5.41) is 16.2. The molecule has 35 heavy (non-hydrogen) atoms. The van der Waals surface area contributed by atoms with Gasteiger partial charge in [-0.2, -0.15) is 10.4 Å². The maximum atomic E-state index is 13.0. The van der Waals surface area contributed by atoms with Gasteiger partial charge in [-0.3, -0.25) is 4.79 Å². The third-order valence-electron chi connectivity index (χ3n) is 5.57. The second-order valence-electron chi connectivity index (χ2n) is 7.97. The van der Waals surface area contributed by atoms with E-state index in [0.717, 1.165) is 45.4 Å². The topological polar surface area (TPSA) is 79.9 Å². The first kappa shape index (κ1) is 24.2. The molecule has 6 nitrogen and oxygen atoms in total. The Morgan fingerprint density at radius 1 is 1.09 bits per heavy atom. The van der Waals surface area contributed by atoms with Gasteiger partial charge < -0.3 is 10.1 Å². The molecular formula is C28H25BrN4O2. The van der Waals surface area contributed by atoms with Gasteiger partial charge in [0.1, 0.15) is 11.8 Å². The summed E-state index contributed by atoms with van der Waals surface area (Å²) in [5.41, 5.74) is 5.54. The Labute approximate surface area is 213 Å². The number of aromatic nitrogens is 2. The quantitative estimate of drug-likeness (QED) is 0.285. The summed E-state index contributed by atoms with van der Waals surface area (Å²) < 4.78 is 8.02. The molecule has 1 heterocycles. The minimum Gasteiger partial charge on any atom is -0.478 e. The average molecular weight is 529 g/mol. The molecule has 0 aliphatic heterocycles. The largest absolute Gasteiger partial charge is 0.478 e. The highest BCUT2D eigenvalue weighted by Crippen LogP contribution is 2.31. The summed E-state index contributed by atoms with van der Waals surface area (Å²) in [7, 11) is 0. The Morgan fingerprint density at radius 3 is 2.51 bits per heavy atom. The molecule has 4 rings (SSSR count). The average Bonchev–Trinajstić information content (AvgIpc) is 3.31. The van der Waals surface area contributed by atoms with E-state index in [4.69, 9.17) is 10.00 Å². The second-order valence-corrected chi connectivity index (χ2v) is 8.83. The van der Waals surface area contributed by atoms with Crippen LogP contribution in [0.3, 0.4) is 0 Å². The van der Waals surface area contributed by atoms with E-state index in [1.165, 1.54) is 0 Å². The van der Waals surface area contributed by atoms with Crippen LogP contribution in [0, 0.1) is 11.3 Å². The molecule has 0 saturated carbocycles. The number of rotatable bonds is 9. The maximum absolute atomic E-state index is 13.0. The molecule has 1 aromatic heterocycles. The molecule has 0 fully saturated rings. The van der Waals surface area contributed by atoms with Crippen LogP contribution in [0.25, 0.3) is 16.8 Å². The predicted octanol–water partition coefficient (Wildman–Crippen LogP) is 6.09. The maximum Gasteiger partial charge on any atom is 0.255 e. The minimum absolute atomic E-state index is 0.00530. The van der Waals surface area contributed by atoms with Gasteiger partial charge in [0.05, 0.1) is 27.6 Å². The standard InChI is InChI=1S/C28H25BrN4O2/c1-2-6-26-24(19-32-33(26)23-7-4-3-5-8-23)28(34)31-18-20-9-11-21(12-10-20)22-13-14-27(25(29)17-22)35-16-15-30/h3-5,7-14,17,19H,2,6,16,18H2,1H3,(H,31,34). The Morgan fingerprint density at radius 2 is 1.83 bits per heavy atom. The molecule has 0 radical (unpaired) electrons. The van der Waals surface area contributed by atoms with E-state index in [2.05, 4.69) is 33.3 Å². The number of nitrogens with one attached hydrogen (secondary N) is 1. The van der Waals surface area contributed by atoms with Crippen LogP contribution in [0.15, 0.2) is 83.5 Å². The first-order valence-corrected chi connectivity index (χ1v) is 12.2. The Balaban J connectivity index is 1.43. The van der Waals surface area contributed by atoms with Crippen LogP contribution in [0.5, 0.6) is 5.75 Å². The SMILES string of the molecule is CCCc1c(C(=O)NCc2ccc(-c3ccc(OCC#N)c(Br)c3)cc2)cnn1-c1ccccc1. The van der Waals surface area contributed by atoms with E-state index >= 15 is 0 Å². The Kier molecular flexibility index (Phi) is 7.96. The van der Waals surface area contributed by atoms with E-state index in [9.17, 15) is 4.79 Å². The van der Waals surface area contributed by atoms with Crippen molar-refractivity contribution in [2.75, 3.05) is 6.61 Å². The van der Waals surface area contributed by atoms with Crippen LogP contribution in [0.2, 0.25) is 0 Å². The van der Waals surface area contributed by atoms with Crippen molar-refractivity contribution in [3.05, 3.63) is 100 Å². The van der Waals surface area contributed by atoms with Gasteiger partial charge in [0.2, 0.25) is 0 Å². The van der Waals surface area contributed by atoms with E-state index in [1.807, 2.05) is 83.5 Å². The van der Waals surface area contributed by atoms with Crippen LogP contribution in [0.1, 0.15) is 35.0 Å². The van der Waals surface area contributed by atoms with Gasteiger partial charge in [0, 0.05) is 6.54 Å². The number of para-hydroxylation sites is 1. The summed E-state index contributed by atoms with van der Waals surface area (Å²) >= 11 is 3.50. The molecule has 0 atom stereocenters. The number of hydrogen-bond donors (Lipinski definition) is 1. The summed E-state index contributed by atoms with van der Waals surface area (Å²) in [5.74, 6) is 0.504. The molecule has 7 heteroatoms. The number of carbonyl (C=O) groups excluding carboxylic acids is 1. The molecule has 176 valence electrons. The highest BCUT2D eigenvalue weighted by molar-refractivity contribution is 9.10. The van der Waals surface area contributed by atoms with Crippen LogP contribution >= 0.6 is 15.9 Å². The van der Waals surface area contributed by atoms with Gasteiger partial charge in [-0.05, 0) is 63.3 Å². The van der Waals surface area contributed by atoms with E-state index in [0.29, 0.717) is 17.9 Å². The van der Waals surface area contributed by atoms with Crippen molar-refractivity contribution in [3.63, 3.8) is 0 Å². The van der Waals surface area contributed by atoms with Gasteiger partial charge >= 0.3 is 0 Å². The van der Waals surface area contributed by atoms with E-state index in [-0.39, 0.29) is 12.5 Å². The van der Waals surface area contributed by atoms with Crippen molar-refractivity contribution in [1.82, 2.24) is 15.1 Å². The number of halogens is 1. The fourth-order valence-electron chi connectivity index (χ4n) is 3.83. The number of benzene rings is 3. The zero-order valence-corrected chi connectivity index (χ0v) is 21.0. The Hall–Kier alpha value is -3.89. The second kappa shape index (κ2) is 11.5. The molecule has 0 aliphatic carbocycles. The molecule has 0 aliphatic rings. The smallest absolute Gasteiger partial charge is 0.255 e. The number of nitrogens with zero attached hydrogens (tertiary/aromatic N) is 3. The van der Waals surface area contributed by atoms with Crippen LogP contribution in [-0.4, -0.2) is 22.3 Å². The lowest BCUT2D eigenvalue weighted by Gasteiger charge is -2.10. The zero-order valence-electron chi connectivity index (χ0n) is 19.4. The molecule has 3 aromatic carbocycles. The van der Waals surface area contributed by atoms with Crippen molar-refractivity contribution in [2.45, 2.75) is 26.3 Å². The highest BCUT2D eigenvalue weighted by atomic mass is 79.9. The van der Waals surface area contributed by atoms with Gasteiger partial charge in [0.25, 0.3) is 5.91 Å². The van der Waals surface area contributed by atoms with Crippen molar-refractivity contribution in [1.29, 1.82) is 5.26 Å². The number of carbonyl (C=O) groups is 1.